The zero-order chi connectivity index (χ0) is 16.2. The van der Waals surface area contributed by atoms with Crippen molar-refractivity contribution < 1.29 is 22.6 Å². The molecule has 0 N–H and O–H groups in total. The Kier molecular flexibility index (Phi) is 3.04. The van der Waals surface area contributed by atoms with E-state index in [0.717, 1.165) is 4.52 Å². The van der Waals surface area contributed by atoms with Crippen LogP contribution in [0.25, 0.3) is 5.78 Å². The van der Waals surface area contributed by atoms with Crippen molar-refractivity contribution in [3.8, 4) is 0 Å². The number of hydrogen-bond acceptors (Lipinski definition) is 6. The third kappa shape index (κ3) is 2.41. The van der Waals surface area contributed by atoms with E-state index in [1.54, 1.807) is 13.0 Å². The van der Waals surface area contributed by atoms with E-state index in [1.165, 1.54) is 0 Å². The highest BCUT2D eigenvalue weighted by Crippen LogP contribution is 2.34. The summed E-state index contributed by atoms with van der Waals surface area (Å²) in [6, 6.07) is 1.69. The molecule has 2 aromatic heterocycles. The van der Waals surface area contributed by atoms with Gasteiger partial charge in [-0.1, -0.05) is 0 Å². The van der Waals surface area contributed by atoms with Crippen molar-refractivity contribution in [2.24, 2.45) is 0 Å². The Morgan fingerprint density at radius 1 is 1.22 bits per heavy atom. The summed E-state index contributed by atoms with van der Waals surface area (Å²) in [6.07, 6.45) is -3.96. The van der Waals surface area contributed by atoms with Gasteiger partial charge >= 0.3 is 6.18 Å². The molecule has 0 aromatic carbocycles. The first-order valence-corrected chi connectivity index (χ1v) is 7.21. The van der Waals surface area contributed by atoms with Crippen molar-refractivity contribution in [2.45, 2.75) is 25.3 Å². The monoisotopic (exact) mass is 329 g/mol. The molecule has 2 saturated heterocycles. The zero-order valence-corrected chi connectivity index (χ0v) is 12.3. The third-order valence-electron chi connectivity index (χ3n) is 4.01. The van der Waals surface area contributed by atoms with Crippen LogP contribution in [-0.2, 0) is 15.7 Å². The summed E-state index contributed by atoms with van der Waals surface area (Å²) >= 11 is 0. The van der Waals surface area contributed by atoms with Gasteiger partial charge in [0.25, 0.3) is 11.6 Å². The number of hydrogen-bond donors (Lipinski definition) is 0. The van der Waals surface area contributed by atoms with Gasteiger partial charge in [-0.3, -0.25) is 0 Å². The second-order valence-electron chi connectivity index (χ2n) is 5.68. The zero-order valence-electron chi connectivity index (χ0n) is 12.3. The van der Waals surface area contributed by atoms with Gasteiger partial charge in [0.2, 0.25) is 0 Å². The highest BCUT2D eigenvalue weighted by molar-refractivity contribution is 5.49. The minimum Gasteiger partial charge on any atom is -0.351 e. The Labute approximate surface area is 129 Å². The highest BCUT2D eigenvalue weighted by Gasteiger charge is 2.44. The van der Waals surface area contributed by atoms with Gasteiger partial charge in [0.1, 0.15) is 5.82 Å². The number of halogens is 3. The van der Waals surface area contributed by atoms with Crippen molar-refractivity contribution in [1.82, 2.24) is 19.6 Å². The van der Waals surface area contributed by atoms with Gasteiger partial charge in [-0.15, -0.1) is 5.10 Å². The molecule has 0 atom stereocenters. The molecule has 7 nitrogen and oxygen atoms in total. The van der Waals surface area contributed by atoms with Crippen molar-refractivity contribution in [3.05, 3.63) is 17.6 Å². The first-order chi connectivity index (χ1) is 10.9. The van der Waals surface area contributed by atoms with Crippen molar-refractivity contribution in [3.63, 3.8) is 0 Å². The molecule has 0 unspecified atom stereocenters. The molecular formula is C13H14F3N5O2. The van der Waals surface area contributed by atoms with Crippen LogP contribution in [0.15, 0.2) is 6.07 Å². The summed E-state index contributed by atoms with van der Waals surface area (Å²) < 4.78 is 51.0. The molecule has 2 aliphatic rings. The molecule has 2 aromatic rings. The maximum absolute atomic E-state index is 12.9. The molecule has 2 fully saturated rings. The normalized spacial score (nSPS) is 21.0. The van der Waals surface area contributed by atoms with E-state index in [2.05, 4.69) is 15.1 Å². The molecule has 4 rings (SSSR count). The standard InChI is InChI=1S/C13H14F3N5O2/c1-8-6-9(20-3-2-12(7-20)22-4-5-23-12)21-11(17-8)18-10(19-21)13(14,15)16/h6H,2-5,7H2,1H3. The van der Waals surface area contributed by atoms with Crippen LogP contribution in [0.2, 0.25) is 0 Å². The molecular weight excluding hydrogens is 315 g/mol. The average molecular weight is 329 g/mol. The fraction of sp³-hybridized carbons (Fsp3) is 0.615. The summed E-state index contributed by atoms with van der Waals surface area (Å²) in [4.78, 5) is 9.41. The minimum atomic E-state index is -4.61. The summed E-state index contributed by atoms with van der Waals surface area (Å²) in [6.45, 7) is 3.80. The number of aromatic nitrogens is 4. The van der Waals surface area contributed by atoms with E-state index in [0.29, 0.717) is 44.2 Å². The predicted molar refractivity (Wildman–Crippen MR) is 72.0 cm³/mol. The maximum atomic E-state index is 12.9. The van der Waals surface area contributed by atoms with Gasteiger partial charge < -0.3 is 14.4 Å². The smallest absolute Gasteiger partial charge is 0.351 e. The summed E-state index contributed by atoms with van der Waals surface area (Å²) in [5, 5.41) is 3.58. The first-order valence-electron chi connectivity index (χ1n) is 7.21. The van der Waals surface area contributed by atoms with Crippen LogP contribution >= 0.6 is 0 Å². The fourth-order valence-electron chi connectivity index (χ4n) is 3.00. The van der Waals surface area contributed by atoms with Crippen LogP contribution in [0.4, 0.5) is 19.0 Å². The Balaban J connectivity index is 1.76. The lowest BCUT2D eigenvalue weighted by Crippen LogP contribution is -2.35. The van der Waals surface area contributed by atoms with Gasteiger partial charge in [0, 0.05) is 24.7 Å². The lowest BCUT2D eigenvalue weighted by Gasteiger charge is -2.23. The van der Waals surface area contributed by atoms with Crippen molar-refractivity contribution in [1.29, 1.82) is 0 Å². The number of ether oxygens (including phenoxy) is 2. The largest absolute Gasteiger partial charge is 0.453 e. The molecule has 1 spiro atoms. The van der Waals surface area contributed by atoms with E-state index in [-0.39, 0.29) is 5.78 Å². The molecule has 2 aliphatic heterocycles. The molecule has 0 aliphatic carbocycles. The van der Waals surface area contributed by atoms with Gasteiger partial charge in [-0.05, 0) is 6.92 Å². The van der Waals surface area contributed by atoms with E-state index < -0.39 is 17.8 Å². The van der Waals surface area contributed by atoms with Gasteiger partial charge in [0.05, 0.1) is 19.8 Å². The summed E-state index contributed by atoms with van der Waals surface area (Å²) in [5.74, 6) is -1.43. The van der Waals surface area contributed by atoms with Crippen LogP contribution < -0.4 is 4.90 Å². The van der Waals surface area contributed by atoms with Crippen molar-refractivity contribution >= 4 is 11.6 Å². The second-order valence-corrected chi connectivity index (χ2v) is 5.68. The second kappa shape index (κ2) is 4.78. The number of alkyl halides is 3. The quantitative estimate of drug-likeness (QED) is 0.788. The lowest BCUT2D eigenvalue weighted by molar-refractivity contribution is -0.144. The summed E-state index contributed by atoms with van der Waals surface area (Å²) in [5.41, 5.74) is 0.572. The van der Waals surface area contributed by atoms with Crippen LogP contribution in [0.3, 0.4) is 0 Å². The number of anilines is 1. The minimum absolute atomic E-state index is 0.0680. The number of nitrogens with zero attached hydrogens (tertiary/aromatic N) is 5. The van der Waals surface area contributed by atoms with Gasteiger partial charge in [0.15, 0.2) is 5.79 Å². The molecule has 124 valence electrons. The first kappa shape index (κ1) is 14.6. The van der Waals surface area contributed by atoms with Crippen LogP contribution in [-0.4, -0.2) is 51.7 Å². The third-order valence-corrected chi connectivity index (χ3v) is 4.01. The van der Waals surface area contributed by atoms with Crippen LogP contribution in [0.5, 0.6) is 0 Å². The molecule has 0 amide bonds. The topological polar surface area (TPSA) is 64.8 Å². The summed E-state index contributed by atoms with van der Waals surface area (Å²) in [7, 11) is 0. The van der Waals surface area contributed by atoms with E-state index in [9.17, 15) is 13.2 Å². The molecule has 0 bridgehead atoms. The average Bonchev–Trinajstić information content (AvgIpc) is 3.18. The van der Waals surface area contributed by atoms with Crippen molar-refractivity contribution in [2.75, 3.05) is 31.2 Å². The number of rotatable bonds is 1. The maximum Gasteiger partial charge on any atom is 0.453 e. The lowest BCUT2D eigenvalue weighted by atomic mass is 10.2. The van der Waals surface area contributed by atoms with E-state index in [1.807, 2.05) is 4.90 Å². The number of aryl methyl sites for hydroxylation is 1. The fourth-order valence-corrected chi connectivity index (χ4v) is 3.00. The Hall–Kier alpha value is -1.94. The molecule has 10 heteroatoms. The predicted octanol–water partition coefficient (Wildman–Crippen LogP) is 1.40. The van der Waals surface area contributed by atoms with Crippen LogP contribution in [0, 0.1) is 6.92 Å². The van der Waals surface area contributed by atoms with E-state index >= 15 is 0 Å². The highest BCUT2D eigenvalue weighted by atomic mass is 19.4. The molecule has 4 heterocycles. The Morgan fingerprint density at radius 2 is 1.96 bits per heavy atom. The SMILES string of the molecule is Cc1cc(N2CCC3(C2)OCCO3)n2nc(C(F)(F)F)nc2n1. The number of fused-ring (bicyclic) bond motifs is 1. The van der Waals surface area contributed by atoms with Gasteiger partial charge in [-0.25, -0.2) is 4.98 Å². The Bertz CT molecular complexity index is 754. The molecule has 0 saturated carbocycles. The Morgan fingerprint density at radius 3 is 2.65 bits per heavy atom. The van der Waals surface area contributed by atoms with Crippen LogP contribution in [0.1, 0.15) is 17.9 Å². The molecule has 23 heavy (non-hydrogen) atoms. The van der Waals surface area contributed by atoms with Gasteiger partial charge in [-0.2, -0.15) is 22.7 Å². The molecule has 0 radical (unpaired) electrons. The van der Waals surface area contributed by atoms with E-state index in [4.69, 9.17) is 9.47 Å².